The van der Waals surface area contributed by atoms with E-state index < -0.39 is 12.3 Å². The van der Waals surface area contributed by atoms with Crippen LogP contribution in [0.15, 0.2) is 18.2 Å². The summed E-state index contributed by atoms with van der Waals surface area (Å²) in [7, 11) is 1.51. The molecule has 4 heteroatoms. The number of halogens is 2. The summed E-state index contributed by atoms with van der Waals surface area (Å²) in [4.78, 5) is 0. The number of benzene rings is 1. The van der Waals surface area contributed by atoms with Gasteiger partial charge in [-0.25, -0.2) is 4.39 Å². The molecule has 0 bridgehead atoms. The molecular formula is C10H12ClFO2. The van der Waals surface area contributed by atoms with Crippen molar-refractivity contribution < 1.29 is 14.2 Å². The predicted molar refractivity (Wildman–Crippen MR) is 53.5 cm³/mol. The van der Waals surface area contributed by atoms with Crippen molar-refractivity contribution in [2.24, 2.45) is 0 Å². The highest BCUT2D eigenvalue weighted by Crippen LogP contribution is 2.33. The molecule has 0 saturated carbocycles. The summed E-state index contributed by atoms with van der Waals surface area (Å²) in [5.41, 5.74) is -1.55. The van der Waals surface area contributed by atoms with Crippen molar-refractivity contribution in [2.75, 3.05) is 13.7 Å². The standard InChI is InChI=1S/C10H12ClFO2/c1-10(12,6-13)8-4-3-7(14-2)5-9(8)11/h3-5,13H,6H2,1-2H3. The Morgan fingerprint density at radius 2 is 2.21 bits per heavy atom. The SMILES string of the molecule is COc1ccc(C(C)(F)CO)c(Cl)c1. The first kappa shape index (κ1) is 11.3. The van der Waals surface area contributed by atoms with Crippen LogP contribution in [0.4, 0.5) is 4.39 Å². The van der Waals surface area contributed by atoms with Crippen LogP contribution >= 0.6 is 11.6 Å². The van der Waals surface area contributed by atoms with Crippen LogP contribution in [-0.4, -0.2) is 18.8 Å². The zero-order valence-corrected chi connectivity index (χ0v) is 8.81. The van der Waals surface area contributed by atoms with Gasteiger partial charge >= 0.3 is 0 Å². The fourth-order valence-electron chi connectivity index (χ4n) is 1.13. The number of methoxy groups -OCH3 is 1. The van der Waals surface area contributed by atoms with Crippen LogP contribution in [0.2, 0.25) is 5.02 Å². The number of hydrogen-bond acceptors (Lipinski definition) is 2. The Bertz CT molecular complexity index is 326. The second-order valence-corrected chi connectivity index (χ2v) is 3.61. The summed E-state index contributed by atoms with van der Waals surface area (Å²) in [6.07, 6.45) is 0. The molecule has 0 radical (unpaired) electrons. The Hall–Kier alpha value is -0.800. The fraction of sp³-hybridized carbons (Fsp3) is 0.400. The number of aliphatic hydroxyl groups is 1. The Labute approximate surface area is 87.3 Å². The number of alkyl halides is 1. The number of ether oxygens (including phenoxy) is 1. The second kappa shape index (κ2) is 4.15. The zero-order chi connectivity index (χ0) is 10.8. The van der Waals surface area contributed by atoms with Crippen molar-refractivity contribution >= 4 is 11.6 Å². The van der Waals surface area contributed by atoms with Gasteiger partial charge in [0.2, 0.25) is 0 Å². The van der Waals surface area contributed by atoms with Gasteiger partial charge in [0.1, 0.15) is 5.75 Å². The first-order valence-corrected chi connectivity index (χ1v) is 4.53. The Kier molecular flexibility index (Phi) is 3.34. The maximum Gasteiger partial charge on any atom is 0.157 e. The molecule has 0 aromatic heterocycles. The maximum atomic E-state index is 13.7. The molecule has 78 valence electrons. The summed E-state index contributed by atoms with van der Waals surface area (Å²) < 4.78 is 18.6. The van der Waals surface area contributed by atoms with Crippen molar-refractivity contribution in [3.63, 3.8) is 0 Å². The molecule has 1 atom stereocenters. The lowest BCUT2D eigenvalue weighted by Gasteiger charge is -2.19. The van der Waals surface area contributed by atoms with E-state index in [1.165, 1.54) is 26.2 Å². The van der Waals surface area contributed by atoms with E-state index in [0.29, 0.717) is 5.75 Å². The van der Waals surface area contributed by atoms with Gasteiger partial charge in [0.15, 0.2) is 5.67 Å². The molecule has 0 aliphatic carbocycles. The van der Waals surface area contributed by atoms with Crippen LogP contribution in [-0.2, 0) is 5.67 Å². The summed E-state index contributed by atoms with van der Waals surface area (Å²) in [5.74, 6) is 0.562. The number of hydrogen-bond donors (Lipinski definition) is 1. The highest BCUT2D eigenvalue weighted by atomic mass is 35.5. The molecule has 0 aliphatic heterocycles. The molecule has 0 amide bonds. The quantitative estimate of drug-likeness (QED) is 0.845. The summed E-state index contributed by atoms with van der Waals surface area (Å²) in [6.45, 7) is 0.680. The molecule has 1 unspecified atom stereocenters. The minimum absolute atomic E-state index is 0.253. The van der Waals surface area contributed by atoms with Gasteiger partial charge in [-0.2, -0.15) is 0 Å². The van der Waals surface area contributed by atoms with Gasteiger partial charge in [-0.05, 0) is 19.1 Å². The molecule has 1 N–H and O–H groups in total. The van der Waals surface area contributed by atoms with Gasteiger partial charge in [0, 0.05) is 5.56 Å². The molecule has 1 aromatic carbocycles. The number of rotatable bonds is 3. The maximum absolute atomic E-state index is 13.7. The topological polar surface area (TPSA) is 29.5 Å². The van der Waals surface area contributed by atoms with Crippen molar-refractivity contribution in [2.45, 2.75) is 12.6 Å². The monoisotopic (exact) mass is 218 g/mol. The van der Waals surface area contributed by atoms with E-state index in [2.05, 4.69) is 0 Å². The van der Waals surface area contributed by atoms with Gasteiger partial charge in [0.25, 0.3) is 0 Å². The highest BCUT2D eigenvalue weighted by Gasteiger charge is 2.27. The minimum Gasteiger partial charge on any atom is -0.497 e. The van der Waals surface area contributed by atoms with Gasteiger partial charge < -0.3 is 9.84 Å². The average molecular weight is 219 g/mol. The Balaban J connectivity index is 3.12. The third kappa shape index (κ3) is 2.16. The highest BCUT2D eigenvalue weighted by molar-refractivity contribution is 6.31. The molecular weight excluding hydrogens is 207 g/mol. The van der Waals surface area contributed by atoms with Gasteiger partial charge in [0.05, 0.1) is 18.7 Å². The lowest BCUT2D eigenvalue weighted by Crippen LogP contribution is -2.20. The molecule has 1 aromatic rings. The van der Waals surface area contributed by atoms with Crippen molar-refractivity contribution in [1.29, 1.82) is 0 Å². The fourth-order valence-corrected chi connectivity index (χ4v) is 1.50. The molecule has 14 heavy (non-hydrogen) atoms. The molecule has 0 heterocycles. The average Bonchev–Trinajstić information content (AvgIpc) is 2.17. The molecule has 1 rings (SSSR count). The lowest BCUT2D eigenvalue weighted by atomic mass is 9.99. The lowest BCUT2D eigenvalue weighted by molar-refractivity contribution is 0.0868. The largest absolute Gasteiger partial charge is 0.497 e. The van der Waals surface area contributed by atoms with E-state index in [9.17, 15) is 4.39 Å². The van der Waals surface area contributed by atoms with Gasteiger partial charge in [-0.1, -0.05) is 17.7 Å². The van der Waals surface area contributed by atoms with Crippen molar-refractivity contribution in [3.8, 4) is 5.75 Å². The molecule has 0 saturated heterocycles. The van der Waals surface area contributed by atoms with E-state index in [4.69, 9.17) is 21.4 Å². The van der Waals surface area contributed by atoms with E-state index in [1.807, 2.05) is 0 Å². The smallest absolute Gasteiger partial charge is 0.157 e. The van der Waals surface area contributed by atoms with Gasteiger partial charge in [-0.15, -0.1) is 0 Å². The van der Waals surface area contributed by atoms with E-state index in [1.54, 1.807) is 6.07 Å². The van der Waals surface area contributed by atoms with Crippen molar-refractivity contribution in [3.05, 3.63) is 28.8 Å². The molecule has 2 nitrogen and oxygen atoms in total. The van der Waals surface area contributed by atoms with E-state index in [-0.39, 0.29) is 10.6 Å². The van der Waals surface area contributed by atoms with E-state index >= 15 is 0 Å². The summed E-state index contributed by atoms with van der Waals surface area (Å²) in [5, 5.41) is 9.09. The van der Waals surface area contributed by atoms with Crippen LogP contribution in [0.3, 0.4) is 0 Å². The zero-order valence-electron chi connectivity index (χ0n) is 8.05. The third-order valence-corrected chi connectivity index (χ3v) is 2.35. The second-order valence-electron chi connectivity index (χ2n) is 3.20. The molecule has 0 aliphatic rings. The van der Waals surface area contributed by atoms with Crippen LogP contribution in [0, 0.1) is 0 Å². The van der Waals surface area contributed by atoms with Gasteiger partial charge in [-0.3, -0.25) is 0 Å². The van der Waals surface area contributed by atoms with Crippen LogP contribution in [0.25, 0.3) is 0 Å². The first-order chi connectivity index (χ1) is 6.51. The Morgan fingerprint density at radius 3 is 2.64 bits per heavy atom. The van der Waals surface area contributed by atoms with Crippen molar-refractivity contribution in [1.82, 2.24) is 0 Å². The predicted octanol–water partition coefficient (Wildman–Crippen LogP) is 2.53. The number of aliphatic hydroxyl groups excluding tert-OH is 1. The van der Waals surface area contributed by atoms with Crippen LogP contribution in [0.1, 0.15) is 12.5 Å². The first-order valence-electron chi connectivity index (χ1n) is 4.15. The van der Waals surface area contributed by atoms with Crippen LogP contribution in [0.5, 0.6) is 5.75 Å². The summed E-state index contributed by atoms with van der Waals surface area (Å²) >= 11 is 5.84. The normalized spacial score (nSPS) is 14.9. The molecule has 0 spiro atoms. The third-order valence-electron chi connectivity index (χ3n) is 2.03. The molecule has 0 fully saturated rings. The summed E-state index contributed by atoms with van der Waals surface area (Å²) in [6, 6.07) is 4.64. The Morgan fingerprint density at radius 1 is 1.57 bits per heavy atom. The minimum atomic E-state index is -1.82. The van der Waals surface area contributed by atoms with E-state index in [0.717, 1.165) is 0 Å². The van der Waals surface area contributed by atoms with Crippen LogP contribution < -0.4 is 4.74 Å².